The summed E-state index contributed by atoms with van der Waals surface area (Å²) in [7, 11) is 0. The van der Waals surface area contributed by atoms with E-state index in [1.807, 2.05) is 0 Å². The van der Waals surface area contributed by atoms with Gasteiger partial charge in [0.25, 0.3) is 0 Å². The molecule has 0 amide bonds. The van der Waals surface area contributed by atoms with Crippen molar-refractivity contribution in [3.8, 4) is 0 Å². The van der Waals surface area contributed by atoms with Gasteiger partial charge in [-0.1, -0.05) is 6.58 Å². The molecular weight excluding hydrogens is 366 g/mol. The van der Waals surface area contributed by atoms with Gasteiger partial charge in [0.05, 0.1) is 0 Å². The summed E-state index contributed by atoms with van der Waals surface area (Å²) in [5.41, 5.74) is -6.30. The smallest absolute Gasteiger partial charge is 0.380 e. The summed E-state index contributed by atoms with van der Waals surface area (Å²) in [6, 6.07) is 0. The fraction of sp³-hybridized carbons (Fsp3) is 0.824. The summed E-state index contributed by atoms with van der Waals surface area (Å²) in [4.78, 5) is 11.8. The normalized spacial score (nSPS) is 29.6. The zero-order chi connectivity index (χ0) is 20.7. The second-order valence-corrected chi connectivity index (χ2v) is 7.67. The Bertz CT molecular complexity index is 514. The van der Waals surface area contributed by atoms with Crippen LogP contribution in [-0.2, 0) is 4.79 Å². The van der Waals surface area contributed by atoms with Crippen molar-refractivity contribution >= 4 is 5.78 Å². The maximum Gasteiger partial charge on any atom is 0.417 e. The van der Waals surface area contributed by atoms with Gasteiger partial charge in [0.15, 0.2) is 17.0 Å². The number of halogens is 6. The molecule has 1 fully saturated rings. The topological polar surface area (TPSA) is 57.5 Å². The minimum absolute atomic E-state index is 0.147. The minimum atomic E-state index is -5.05. The van der Waals surface area contributed by atoms with Gasteiger partial charge in [-0.05, 0) is 63.4 Å². The van der Waals surface area contributed by atoms with E-state index in [9.17, 15) is 41.4 Å². The van der Waals surface area contributed by atoms with Gasteiger partial charge in [-0.25, -0.2) is 0 Å². The standard InChI is InChI=1S/C17H24F6O3/c1-9(2)13(24)7-10-5-11(14(3,25)16(18,19)20)8-12(6-10)15(4,26)17(21,22)23/h10-12,25-26H,1,5-8H2,2-4H3. The first-order valence-corrected chi connectivity index (χ1v) is 8.18. The number of rotatable bonds is 5. The van der Waals surface area contributed by atoms with Crippen molar-refractivity contribution in [2.45, 2.75) is 70.0 Å². The van der Waals surface area contributed by atoms with Crippen LogP contribution >= 0.6 is 0 Å². The zero-order valence-corrected chi connectivity index (χ0v) is 14.8. The van der Waals surface area contributed by atoms with E-state index in [1.54, 1.807) is 0 Å². The van der Waals surface area contributed by atoms with Crippen molar-refractivity contribution < 1.29 is 41.4 Å². The second kappa shape index (κ2) is 7.14. The molecule has 4 atom stereocenters. The van der Waals surface area contributed by atoms with E-state index in [1.165, 1.54) is 6.92 Å². The van der Waals surface area contributed by atoms with Crippen LogP contribution in [0.2, 0.25) is 0 Å². The lowest BCUT2D eigenvalue weighted by Gasteiger charge is -2.46. The quantitative estimate of drug-likeness (QED) is 0.547. The molecule has 0 spiro atoms. The summed E-state index contributed by atoms with van der Waals surface area (Å²) in [5.74, 6) is -4.44. The lowest BCUT2D eigenvalue weighted by Crippen LogP contribution is -2.56. The highest BCUT2D eigenvalue weighted by atomic mass is 19.4. The van der Waals surface area contributed by atoms with E-state index < -0.39 is 53.5 Å². The number of hydrogen-bond acceptors (Lipinski definition) is 3. The summed E-state index contributed by atoms with van der Waals surface area (Å²) < 4.78 is 79.1. The van der Waals surface area contributed by atoms with Crippen LogP contribution in [0.3, 0.4) is 0 Å². The Hall–Kier alpha value is -1.09. The molecule has 1 saturated carbocycles. The Kier molecular flexibility index (Phi) is 6.31. The van der Waals surface area contributed by atoms with Gasteiger partial charge < -0.3 is 10.2 Å². The molecule has 1 rings (SSSR count). The van der Waals surface area contributed by atoms with E-state index in [2.05, 4.69) is 6.58 Å². The van der Waals surface area contributed by atoms with Gasteiger partial charge >= 0.3 is 12.4 Å². The molecule has 0 bridgehead atoms. The van der Waals surface area contributed by atoms with Gasteiger partial charge in [0, 0.05) is 6.42 Å². The monoisotopic (exact) mass is 390 g/mol. The van der Waals surface area contributed by atoms with Crippen LogP contribution in [0, 0.1) is 17.8 Å². The lowest BCUT2D eigenvalue weighted by atomic mass is 9.63. The molecule has 0 heterocycles. The van der Waals surface area contributed by atoms with Crippen LogP contribution in [0.5, 0.6) is 0 Å². The first-order valence-electron chi connectivity index (χ1n) is 8.18. The molecule has 9 heteroatoms. The Balaban J connectivity index is 3.21. The summed E-state index contributed by atoms with van der Waals surface area (Å²) in [6.07, 6.45) is -11.6. The van der Waals surface area contributed by atoms with E-state index in [0.29, 0.717) is 13.8 Å². The summed E-state index contributed by atoms with van der Waals surface area (Å²) >= 11 is 0. The third kappa shape index (κ3) is 4.60. The highest BCUT2D eigenvalue weighted by molar-refractivity contribution is 5.94. The maximum absolute atomic E-state index is 13.2. The molecule has 152 valence electrons. The number of ketones is 1. The van der Waals surface area contributed by atoms with Gasteiger partial charge in [0.1, 0.15) is 0 Å². The first-order chi connectivity index (χ1) is 11.4. The number of allylic oxidation sites excluding steroid dienone is 1. The number of hydrogen-bond donors (Lipinski definition) is 2. The molecule has 0 radical (unpaired) electrons. The number of aliphatic hydroxyl groups is 2. The highest BCUT2D eigenvalue weighted by Gasteiger charge is 2.61. The molecule has 0 aromatic rings. The molecule has 3 nitrogen and oxygen atoms in total. The van der Waals surface area contributed by atoms with E-state index in [0.717, 1.165) is 0 Å². The molecule has 0 saturated heterocycles. The van der Waals surface area contributed by atoms with Gasteiger partial charge in [-0.15, -0.1) is 0 Å². The molecule has 0 aliphatic heterocycles. The van der Waals surface area contributed by atoms with Gasteiger partial charge in [-0.3, -0.25) is 4.79 Å². The third-order valence-corrected chi connectivity index (χ3v) is 5.49. The summed E-state index contributed by atoms with van der Waals surface area (Å²) in [6.45, 7) is 5.85. The Morgan fingerprint density at radius 3 is 1.54 bits per heavy atom. The largest absolute Gasteiger partial charge is 0.417 e. The van der Waals surface area contributed by atoms with E-state index >= 15 is 0 Å². The van der Waals surface area contributed by atoms with E-state index in [4.69, 9.17) is 0 Å². The van der Waals surface area contributed by atoms with Crippen LogP contribution in [0.25, 0.3) is 0 Å². The molecule has 0 aromatic heterocycles. The summed E-state index contributed by atoms with van der Waals surface area (Å²) in [5, 5.41) is 19.9. The minimum Gasteiger partial charge on any atom is -0.380 e. The molecule has 2 N–H and O–H groups in total. The lowest BCUT2D eigenvalue weighted by molar-refractivity contribution is -0.297. The Morgan fingerprint density at radius 2 is 1.27 bits per heavy atom. The second-order valence-electron chi connectivity index (χ2n) is 7.67. The molecular formula is C17H24F6O3. The molecule has 0 aromatic carbocycles. The van der Waals surface area contributed by atoms with Crippen LogP contribution < -0.4 is 0 Å². The number of Topliss-reactive ketones (excluding diaryl/α,β-unsaturated/α-hetero) is 1. The molecule has 26 heavy (non-hydrogen) atoms. The van der Waals surface area contributed by atoms with Crippen molar-refractivity contribution in [3.63, 3.8) is 0 Å². The molecule has 1 aliphatic rings. The molecule has 4 unspecified atom stereocenters. The van der Waals surface area contributed by atoms with Crippen LogP contribution in [-0.4, -0.2) is 39.6 Å². The average molecular weight is 390 g/mol. The van der Waals surface area contributed by atoms with Crippen molar-refractivity contribution in [1.82, 2.24) is 0 Å². The number of carbonyl (C=O) groups is 1. The van der Waals surface area contributed by atoms with Crippen LogP contribution in [0.15, 0.2) is 12.2 Å². The molecule has 1 aliphatic carbocycles. The fourth-order valence-corrected chi connectivity index (χ4v) is 3.42. The number of carbonyl (C=O) groups excluding carboxylic acids is 1. The number of alkyl halides is 6. The van der Waals surface area contributed by atoms with Crippen molar-refractivity contribution in [2.75, 3.05) is 0 Å². The van der Waals surface area contributed by atoms with Gasteiger partial charge in [0.2, 0.25) is 0 Å². The van der Waals surface area contributed by atoms with E-state index in [-0.39, 0.29) is 24.8 Å². The van der Waals surface area contributed by atoms with Crippen LogP contribution in [0.4, 0.5) is 26.3 Å². The first kappa shape index (κ1) is 23.0. The predicted octanol–water partition coefficient (Wildman–Crippen LogP) is 4.18. The maximum atomic E-state index is 13.2. The SMILES string of the molecule is C=C(C)C(=O)CC1CC(C(C)(O)C(F)(F)F)CC(C(C)(O)C(F)(F)F)C1. The Labute approximate surface area is 148 Å². The van der Waals surface area contributed by atoms with Gasteiger partial charge in [-0.2, -0.15) is 26.3 Å². The van der Waals surface area contributed by atoms with Crippen molar-refractivity contribution in [2.24, 2.45) is 17.8 Å². The van der Waals surface area contributed by atoms with Crippen molar-refractivity contribution in [3.05, 3.63) is 12.2 Å². The fourth-order valence-electron chi connectivity index (χ4n) is 3.42. The zero-order valence-electron chi connectivity index (χ0n) is 14.8. The van der Waals surface area contributed by atoms with Crippen molar-refractivity contribution in [1.29, 1.82) is 0 Å². The third-order valence-electron chi connectivity index (χ3n) is 5.49. The average Bonchev–Trinajstić information content (AvgIpc) is 2.44. The highest BCUT2D eigenvalue weighted by Crippen LogP contribution is 2.51. The van der Waals surface area contributed by atoms with Crippen LogP contribution in [0.1, 0.15) is 46.5 Å². The predicted molar refractivity (Wildman–Crippen MR) is 82.1 cm³/mol. The Morgan fingerprint density at radius 1 is 0.923 bits per heavy atom.